The Hall–Kier alpha value is -4.02. The molecule has 0 aromatic heterocycles. The molecule has 0 atom stereocenters. The number of carbonyl (C=O) groups excluding carboxylic acids is 3. The Morgan fingerprint density at radius 2 is 1.24 bits per heavy atom. The van der Waals surface area contributed by atoms with Crippen molar-refractivity contribution < 1.29 is 22.8 Å². The fraction of sp³-hybridized carbons (Fsp3) is 0.222. The number of benzene rings is 3. The predicted molar refractivity (Wildman–Crippen MR) is 139 cm³/mol. The average molecular weight is 521 g/mol. The molecule has 192 valence electrons. The highest BCUT2D eigenvalue weighted by atomic mass is 32.2. The van der Waals surface area contributed by atoms with E-state index in [0.717, 1.165) is 30.4 Å². The van der Waals surface area contributed by atoms with Gasteiger partial charge in [0.2, 0.25) is 10.0 Å². The lowest BCUT2D eigenvalue weighted by atomic mass is 10.0. The molecule has 10 heteroatoms. The number of hydrogen-bond acceptors (Lipinski definition) is 5. The summed E-state index contributed by atoms with van der Waals surface area (Å²) in [6, 6.07) is 22.3. The van der Waals surface area contributed by atoms with Crippen molar-refractivity contribution >= 4 is 27.7 Å². The first-order chi connectivity index (χ1) is 17.8. The second kappa shape index (κ2) is 11.8. The van der Waals surface area contributed by atoms with Crippen LogP contribution < -0.4 is 16.2 Å². The summed E-state index contributed by atoms with van der Waals surface area (Å²) in [5.74, 6) is -1.66. The first-order valence-corrected chi connectivity index (χ1v) is 13.4. The molecule has 0 unspecified atom stereocenters. The zero-order valence-corrected chi connectivity index (χ0v) is 21.0. The van der Waals surface area contributed by atoms with E-state index in [2.05, 4.69) is 16.2 Å². The van der Waals surface area contributed by atoms with Crippen LogP contribution in [0.5, 0.6) is 0 Å². The number of hydrazine groups is 1. The molecule has 4 rings (SSSR count). The van der Waals surface area contributed by atoms with E-state index in [1.54, 1.807) is 12.1 Å². The molecule has 0 radical (unpaired) electrons. The van der Waals surface area contributed by atoms with E-state index in [9.17, 15) is 22.8 Å². The van der Waals surface area contributed by atoms with Crippen LogP contribution in [0.4, 0.5) is 0 Å². The Morgan fingerprint density at radius 3 is 1.89 bits per heavy atom. The van der Waals surface area contributed by atoms with Crippen LogP contribution in [0.1, 0.15) is 40.0 Å². The molecule has 3 amide bonds. The number of sulfonamides is 1. The van der Waals surface area contributed by atoms with Gasteiger partial charge in [-0.2, -0.15) is 4.31 Å². The van der Waals surface area contributed by atoms with E-state index in [-0.39, 0.29) is 17.0 Å². The molecule has 3 aromatic carbocycles. The summed E-state index contributed by atoms with van der Waals surface area (Å²) in [6.45, 7) is 0.644. The number of amides is 3. The maximum absolute atomic E-state index is 12.7. The third-order valence-corrected chi connectivity index (χ3v) is 7.96. The van der Waals surface area contributed by atoms with Gasteiger partial charge in [0.15, 0.2) is 0 Å². The van der Waals surface area contributed by atoms with Crippen LogP contribution in [0.2, 0.25) is 0 Å². The molecular formula is C27H28N4O5S. The second-order valence-corrected chi connectivity index (χ2v) is 10.6. The van der Waals surface area contributed by atoms with Gasteiger partial charge in [0.1, 0.15) is 0 Å². The summed E-state index contributed by atoms with van der Waals surface area (Å²) in [5, 5.41) is 2.50. The molecule has 1 saturated heterocycles. The highest BCUT2D eigenvalue weighted by Gasteiger charge is 2.26. The Balaban J connectivity index is 1.24. The van der Waals surface area contributed by atoms with Gasteiger partial charge in [0.05, 0.1) is 11.4 Å². The molecule has 37 heavy (non-hydrogen) atoms. The van der Waals surface area contributed by atoms with Gasteiger partial charge >= 0.3 is 0 Å². The van der Waals surface area contributed by atoms with Crippen LogP contribution in [0.3, 0.4) is 0 Å². The lowest BCUT2D eigenvalue weighted by molar-refractivity contribution is -0.120. The summed E-state index contributed by atoms with van der Waals surface area (Å²) in [7, 11) is -3.59. The Kier molecular flexibility index (Phi) is 8.32. The number of nitrogens with zero attached hydrogens (tertiary/aromatic N) is 1. The number of piperidine rings is 1. The Labute approximate surface area is 215 Å². The van der Waals surface area contributed by atoms with Gasteiger partial charge in [-0.15, -0.1) is 0 Å². The van der Waals surface area contributed by atoms with E-state index in [4.69, 9.17) is 0 Å². The fourth-order valence-electron chi connectivity index (χ4n) is 3.98. The lowest BCUT2D eigenvalue weighted by Crippen LogP contribution is -2.46. The monoisotopic (exact) mass is 520 g/mol. The minimum Gasteiger partial charge on any atom is -0.343 e. The SMILES string of the molecule is O=C(CNC(=O)c1ccc(-c2ccccc2)cc1)NNC(=O)c1ccc(S(=O)(=O)N2CCCCC2)cc1. The van der Waals surface area contributed by atoms with Crippen molar-refractivity contribution in [3.8, 4) is 11.1 Å². The van der Waals surface area contributed by atoms with Crippen LogP contribution in [0.15, 0.2) is 83.8 Å². The summed E-state index contributed by atoms with van der Waals surface area (Å²) < 4.78 is 26.9. The molecule has 9 nitrogen and oxygen atoms in total. The van der Waals surface area contributed by atoms with Crippen LogP contribution >= 0.6 is 0 Å². The largest absolute Gasteiger partial charge is 0.343 e. The highest BCUT2D eigenvalue weighted by molar-refractivity contribution is 7.89. The zero-order chi connectivity index (χ0) is 26.3. The van der Waals surface area contributed by atoms with Crippen molar-refractivity contribution in [2.45, 2.75) is 24.2 Å². The van der Waals surface area contributed by atoms with Crippen molar-refractivity contribution in [2.75, 3.05) is 19.6 Å². The van der Waals surface area contributed by atoms with Crippen LogP contribution in [-0.4, -0.2) is 50.1 Å². The molecule has 0 saturated carbocycles. The van der Waals surface area contributed by atoms with Crippen LogP contribution in [0.25, 0.3) is 11.1 Å². The lowest BCUT2D eigenvalue weighted by Gasteiger charge is -2.25. The van der Waals surface area contributed by atoms with E-state index in [1.165, 1.54) is 28.6 Å². The van der Waals surface area contributed by atoms with E-state index in [1.807, 2.05) is 42.5 Å². The van der Waals surface area contributed by atoms with Crippen molar-refractivity contribution in [3.63, 3.8) is 0 Å². The third-order valence-electron chi connectivity index (χ3n) is 6.05. The average Bonchev–Trinajstić information content (AvgIpc) is 2.95. The summed E-state index contributed by atoms with van der Waals surface area (Å²) in [4.78, 5) is 36.9. The first-order valence-electron chi connectivity index (χ1n) is 12.0. The first kappa shape index (κ1) is 26.1. The van der Waals surface area contributed by atoms with Gasteiger partial charge in [-0.1, -0.05) is 48.9 Å². The standard InChI is InChI=1S/C27H28N4O5S/c32-25(19-28-26(33)22-11-9-21(10-12-22)20-7-3-1-4-8-20)29-30-27(34)23-13-15-24(16-14-23)37(35,36)31-17-5-2-6-18-31/h1,3-4,7-16H,2,5-6,17-19H2,(H,28,33)(H,29,32)(H,30,34). The van der Waals surface area contributed by atoms with Crippen LogP contribution in [0, 0.1) is 0 Å². The second-order valence-electron chi connectivity index (χ2n) is 8.62. The molecule has 3 aromatic rings. The number of nitrogens with one attached hydrogen (secondary N) is 3. The number of hydrogen-bond donors (Lipinski definition) is 3. The maximum Gasteiger partial charge on any atom is 0.269 e. The van der Waals surface area contributed by atoms with Gasteiger partial charge < -0.3 is 5.32 Å². The summed E-state index contributed by atoms with van der Waals surface area (Å²) in [6.07, 6.45) is 2.68. The van der Waals surface area contributed by atoms with E-state index < -0.39 is 27.7 Å². The summed E-state index contributed by atoms with van der Waals surface area (Å²) in [5.41, 5.74) is 7.07. The molecule has 0 bridgehead atoms. The normalized spacial score (nSPS) is 13.9. The van der Waals surface area contributed by atoms with Crippen molar-refractivity contribution in [1.29, 1.82) is 0 Å². The number of carbonyl (C=O) groups is 3. The van der Waals surface area contributed by atoms with Crippen LogP contribution in [-0.2, 0) is 14.8 Å². The topological polar surface area (TPSA) is 125 Å². The summed E-state index contributed by atoms with van der Waals surface area (Å²) >= 11 is 0. The Bertz CT molecular complexity index is 1350. The highest BCUT2D eigenvalue weighted by Crippen LogP contribution is 2.21. The molecule has 1 heterocycles. The van der Waals surface area contributed by atoms with E-state index in [0.29, 0.717) is 18.7 Å². The quantitative estimate of drug-likeness (QED) is 0.413. The molecule has 1 fully saturated rings. The minimum atomic E-state index is -3.59. The number of rotatable bonds is 7. The van der Waals surface area contributed by atoms with Crippen molar-refractivity contribution in [1.82, 2.24) is 20.5 Å². The van der Waals surface area contributed by atoms with E-state index >= 15 is 0 Å². The smallest absolute Gasteiger partial charge is 0.269 e. The fourth-order valence-corrected chi connectivity index (χ4v) is 5.50. The minimum absolute atomic E-state index is 0.120. The molecule has 1 aliphatic rings. The predicted octanol–water partition coefficient (Wildman–Crippen LogP) is 2.72. The van der Waals surface area contributed by atoms with Crippen molar-refractivity contribution in [3.05, 3.63) is 90.0 Å². The molecular weight excluding hydrogens is 492 g/mol. The Morgan fingerprint density at radius 1 is 0.676 bits per heavy atom. The molecule has 0 spiro atoms. The maximum atomic E-state index is 12.7. The zero-order valence-electron chi connectivity index (χ0n) is 20.1. The van der Waals surface area contributed by atoms with Gasteiger partial charge in [0, 0.05) is 24.2 Å². The third kappa shape index (κ3) is 6.60. The van der Waals surface area contributed by atoms with Gasteiger partial charge in [-0.25, -0.2) is 8.42 Å². The van der Waals surface area contributed by atoms with Gasteiger partial charge in [0.25, 0.3) is 17.7 Å². The van der Waals surface area contributed by atoms with Gasteiger partial charge in [-0.05, 0) is 60.4 Å². The molecule has 3 N–H and O–H groups in total. The van der Waals surface area contributed by atoms with Gasteiger partial charge in [-0.3, -0.25) is 25.2 Å². The molecule has 1 aliphatic heterocycles. The van der Waals surface area contributed by atoms with Crippen molar-refractivity contribution in [2.24, 2.45) is 0 Å². The molecule has 0 aliphatic carbocycles.